The number of anilines is 1. The maximum Gasteiger partial charge on any atom is 0.0991 e. The predicted octanol–water partition coefficient (Wildman–Crippen LogP) is 2.52. The van der Waals surface area contributed by atoms with Crippen LogP contribution in [0.5, 0.6) is 0 Å². The lowest BCUT2D eigenvalue weighted by Gasteiger charge is -2.17. The number of imidazole rings is 1. The minimum Gasteiger partial charge on any atom is -0.381 e. The molecule has 20 heavy (non-hydrogen) atoms. The summed E-state index contributed by atoms with van der Waals surface area (Å²) in [6.07, 6.45) is 9.69. The molecule has 4 nitrogen and oxygen atoms in total. The van der Waals surface area contributed by atoms with Crippen molar-refractivity contribution in [3.05, 3.63) is 43.0 Å². The van der Waals surface area contributed by atoms with E-state index < -0.39 is 0 Å². The molecule has 0 radical (unpaired) electrons. The van der Waals surface area contributed by atoms with E-state index in [1.807, 2.05) is 23.3 Å². The maximum atomic E-state index is 4.10. The highest BCUT2D eigenvalue weighted by Gasteiger charge is 2.34. The molecule has 2 aromatic rings. The molecule has 1 N–H and O–H groups in total. The SMILES string of the molecule is c1cc(NC2CCN(C3CC3)C2)cc(-n2ccnc2)c1. The number of benzene rings is 1. The van der Waals surface area contributed by atoms with Crippen LogP contribution in [0.15, 0.2) is 43.0 Å². The summed E-state index contributed by atoms with van der Waals surface area (Å²) in [5.41, 5.74) is 2.36. The van der Waals surface area contributed by atoms with Crippen LogP contribution in [-0.4, -0.2) is 39.6 Å². The first-order valence-electron chi connectivity index (χ1n) is 7.47. The zero-order valence-corrected chi connectivity index (χ0v) is 11.6. The molecule has 2 aliphatic rings. The van der Waals surface area contributed by atoms with E-state index in [0.29, 0.717) is 6.04 Å². The fourth-order valence-corrected chi connectivity index (χ4v) is 3.08. The van der Waals surface area contributed by atoms with E-state index >= 15 is 0 Å². The lowest BCUT2D eigenvalue weighted by atomic mass is 10.2. The van der Waals surface area contributed by atoms with E-state index in [9.17, 15) is 0 Å². The molecule has 1 aliphatic heterocycles. The molecule has 0 spiro atoms. The molecular formula is C16H20N4. The molecule has 1 unspecified atom stereocenters. The van der Waals surface area contributed by atoms with E-state index in [-0.39, 0.29) is 0 Å². The van der Waals surface area contributed by atoms with Gasteiger partial charge in [-0.15, -0.1) is 0 Å². The zero-order chi connectivity index (χ0) is 13.4. The number of rotatable bonds is 4. The van der Waals surface area contributed by atoms with Gasteiger partial charge in [0.1, 0.15) is 0 Å². The molecule has 1 saturated heterocycles. The van der Waals surface area contributed by atoms with Crippen LogP contribution in [0.1, 0.15) is 19.3 Å². The first kappa shape index (κ1) is 12.0. The molecule has 1 aliphatic carbocycles. The van der Waals surface area contributed by atoms with E-state index in [4.69, 9.17) is 0 Å². The number of hydrogen-bond acceptors (Lipinski definition) is 3. The Morgan fingerprint density at radius 1 is 1.20 bits per heavy atom. The van der Waals surface area contributed by atoms with Gasteiger partial charge in [0.15, 0.2) is 0 Å². The number of hydrogen-bond donors (Lipinski definition) is 1. The zero-order valence-electron chi connectivity index (χ0n) is 11.6. The van der Waals surface area contributed by atoms with Gasteiger partial charge in [-0.05, 0) is 37.5 Å². The van der Waals surface area contributed by atoms with Gasteiger partial charge in [-0.1, -0.05) is 6.07 Å². The Bertz CT molecular complexity index is 574. The van der Waals surface area contributed by atoms with Crippen molar-refractivity contribution in [2.24, 2.45) is 0 Å². The second-order valence-electron chi connectivity index (χ2n) is 5.88. The summed E-state index contributed by atoms with van der Waals surface area (Å²) < 4.78 is 2.04. The summed E-state index contributed by atoms with van der Waals surface area (Å²) in [4.78, 5) is 6.74. The molecule has 2 heterocycles. The Balaban J connectivity index is 1.45. The Kier molecular flexibility index (Phi) is 2.96. The second-order valence-corrected chi connectivity index (χ2v) is 5.88. The van der Waals surface area contributed by atoms with E-state index in [0.717, 1.165) is 11.7 Å². The van der Waals surface area contributed by atoms with Gasteiger partial charge in [0.2, 0.25) is 0 Å². The topological polar surface area (TPSA) is 33.1 Å². The Labute approximate surface area is 119 Å². The van der Waals surface area contributed by atoms with Crippen LogP contribution in [0.3, 0.4) is 0 Å². The van der Waals surface area contributed by atoms with E-state index in [1.165, 1.54) is 38.0 Å². The first-order valence-corrected chi connectivity index (χ1v) is 7.47. The van der Waals surface area contributed by atoms with Crippen LogP contribution in [0.25, 0.3) is 5.69 Å². The molecule has 2 fully saturated rings. The summed E-state index contributed by atoms with van der Waals surface area (Å²) in [6.45, 7) is 2.45. The summed E-state index contributed by atoms with van der Waals surface area (Å²) >= 11 is 0. The Morgan fingerprint density at radius 3 is 2.95 bits per heavy atom. The highest BCUT2D eigenvalue weighted by molar-refractivity contribution is 5.51. The average Bonchev–Trinajstić information content (AvgIpc) is 3.00. The molecule has 1 atom stereocenters. The fourth-order valence-electron chi connectivity index (χ4n) is 3.08. The number of aromatic nitrogens is 2. The second kappa shape index (κ2) is 4.94. The third-order valence-electron chi connectivity index (χ3n) is 4.30. The van der Waals surface area contributed by atoms with Gasteiger partial charge in [-0.25, -0.2) is 4.98 Å². The van der Waals surface area contributed by atoms with Gasteiger partial charge in [-0.2, -0.15) is 0 Å². The summed E-state index contributed by atoms with van der Waals surface area (Å²) in [5, 5.41) is 3.68. The minimum absolute atomic E-state index is 0.591. The lowest BCUT2D eigenvalue weighted by molar-refractivity contribution is 0.326. The molecule has 0 amide bonds. The third kappa shape index (κ3) is 2.43. The van der Waals surface area contributed by atoms with Crippen LogP contribution < -0.4 is 5.32 Å². The average molecular weight is 268 g/mol. The smallest absolute Gasteiger partial charge is 0.0991 e. The predicted molar refractivity (Wildman–Crippen MR) is 80.2 cm³/mol. The van der Waals surface area contributed by atoms with Crippen molar-refractivity contribution in [3.63, 3.8) is 0 Å². The highest BCUT2D eigenvalue weighted by Crippen LogP contribution is 2.30. The third-order valence-corrected chi connectivity index (χ3v) is 4.30. The molecule has 1 aromatic heterocycles. The van der Waals surface area contributed by atoms with Crippen LogP contribution >= 0.6 is 0 Å². The van der Waals surface area contributed by atoms with Crippen molar-refractivity contribution < 1.29 is 0 Å². The van der Waals surface area contributed by atoms with Gasteiger partial charge in [0.25, 0.3) is 0 Å². The van der Waals surface area contributed by atoms with Crippen LogP contribution in [0.2, 0.25) is 0 Å². The lowest BCUT2D eigenvalue weighted by Crippen LogP contribution is -2.27. The molecule has 1 aromatic carbocycles. The van der Waals surface area contributed by atoms with Gasteiger partial charge >= 0.3 is 0 Å². The first-order chi connectivity index (χ1) is 9.88. The quantitative estimate of drug-likeness (QED) is 0.925. The van der Waals surface area contributed by atoms with Gasteiger partial charge < -0.3 is 9.88 Å². The Hall–Kier alpha value is -1.81. The molecule has 104 valence electrons. The normalized spacial score (nSPS) is 23.1. The molecule has 4 rings (SSSR count). The van der Waals surface area contributed by atoms with E-state index in [1.54, 1.807) is 0 Å². The molecule has 4 heteroatoms. The number of nitrogens with one attached hydrogen (secondary N) is 1. The Morgan fingerprint density at radius 2 is 2.15 bits per heavy atom. The van der Waals surface area contributed by atoms with Gasteiger partial charge in [0.05, 0.1) is 6.33 Å². The monoisotopic (exact) mass is 268 g/mol. The van der Waals surface area contributed by atoms with Crippen LogP contribution in [0.4, 0.5) is 5.69 Å². The minimum atomic E-state index is 0.591. The molecule has 1 saturated carbocycles. The van der Waals surface area contributed by atoms with Crippen molar-refractivity contribution in [3.8, 4) is 5.69 Å². The van der Waals surface area contributed by atoms with Crippen molar-refractivity contribution in [2.45, 2.75) is 31.3 Å². The van der Waals surface area contributed by atoms with Gasteiger partial charge in [0, 0.05) is 48.9 Å². The number of likely N-dealkylation sites (tertiary alicyclic amines) is 1. The van der Waals surface area contributed by atoms with Crippen molar-refractivity contribution in [1.82, 2.24) is 14.5 Å². The van der Waals surface area contributed by atoms with Crippen molar-refractivity contribution >= 4 is 5.69 Å². The summed E-state index contributed by atoms with van der Waals surface area (Å²) in [5.74, 6) is 0. The van der Waals surface area contributed by atoms with E-state index in [2.05, 4.69) is 39.5 Å². The summed E-state index contributed by atoms with van der Waals surface area (Å²) in [7, 11) is 0. The largest absolute Gasteiger partial charge is 0.381 e. The van der Waals surface area contributed by atoms with Gasteiger partial charge in [-0.3, -0.25) is 4.90 Å². The summed E-state index contributed by atoms with van der Waals surface area (Å²) in [6, 6.07) is 10.0. The number of nitrogens with zero attached hydrogens (tertiary/aromatic N) is 3. The van der Waals surface area contributed by atoms with Crippen LogP contribution in [0, 0.1) is 0 Å². The molecule has 0 bridgehead atoms. The standard InChI is InChI=1S/C16H20N4/c1-2-13(10-16(3-1)20-9-7-17-12-20)18-14-6-8-19(11-14)15-4-5-15/h1-3,7,9-10,12,14-15,18H,4-6,8,11H2. The highest BCUT2D eigenvalue weighted by atomic mass is 15.2. The fraction of sp³-hybridized carbons (Fsp3) is 0.438. The van der Waals surface area contributed by atoms with Crippen molar-refractivity contribution in [1.29, 1.82) is 0 Å². The molecular weight excluding hydrogens is 248 g/mol. The maximum absolute atomic E-state index is 4.10. The van der Waals surface area contributed by atoms with Crippen LogP contribution in [-0.2, 0) is 0 Å². The van der Waals surface area contributed by atoms with Crippen molar-refractivity contribution in [2.75, 3.05) is 18.4 Å².